The van der Waals surface area contributed by atoms with E-state index in [1.165, 1.54) is 6.07 Å². The molecular formula is C23H21FN4O. The molecule has 0 radical (unpaired) electrons. The van der Waals surface area contributed by atoms with Gasteiger partial charge in [0.25, 0.3) is 0 Å². The minimum atomic E-state index is -0.315. The Morgan fingerprint density at radius 3 is 2.59 bits per heavy atom. The van der Waals surface area contributed by atoms with Crippen molar-refractivity contribution in [2.24, 2.45) is 0 Å². The lowest BCUT2D eigenvalue weighted by Crippen LogP contribution is -2.31. The molecule has 0 saturated carbocycles. The molecule has 146 valence electrons. The summed E-state index contributed by atoms with van der Waals surface area (Å²) in [6.07, 6.45) is 3.76. The first-order valence-corrected chi connectivity index (χ1v) is 9.52. The summed E-state index contributed by atoms with van der Waals surface area (Å²) in [4.78, 5) is 19.0. The number of aryl methyl sites for hydroxylation is 1. The van der Waals surface area contributed by atoms with Crippen molar-refractivity contribution >= 4 is 16.8 Å². The summed E-state index contributed by atoms with van der Waals surface area (Å²) < 4.78 is 16.0. The Morgan fingerprint density at radius 1 is 0.966 bits per heavy atom. The molecule has 0 spiro atoms. The monoisotopic (exact) mass is 388 g/mol. The number of amides is 1. The molecule has 2 aromatic carbocycles. The molecule has 2 heterocycles. The Balaban J connectivity index is 1.51. The number of rotatable bonds is 7. The fourth-order valence-electron chi connectivity index (χ4n) is 3.32. The average molecular weight is 388 g/mol. The second-order valence-electron chi connectivity index (χ2n) is 6.84. The van der Waals surface area contributed by atoms with Crippen LogP contribution in [0.2, 0.25) is 0 Å². The van der Waals surface area contributed by atoms with E-state index in [1.54, 1.807) is 35.5 Å². The first-order chi connectivity index (χ1) is 14.2. The van der Waals surface area contributed by atoms with Gasteiger partial charge in [0.15, 0.2) is 0 Å². The van der Waals surface area contributed by atoms with Gasteiger partial charge in [-0.1, -0.05) is 42.5 Å². The van der Waals surface area contributed by atoms with Gasteiger partial charge in [-0.05, 0) is 24.3 Å². The molecule has 4 rings (SSSR count). The van der Waals surface area contributed by atoms with Gasteiger partial charge in [-0.3, -0.25) is 14.5 Å². The summed E-state index contributed by atoms with van der Waals surface area (Å²) in [5, 5.41) is 5.42. The van der Waals surface area contributed by atoms with Crippen LogP contribution in [0.25, 0.3) is 10.9 Å². The minimum absolute atomic E-state index is 0.0708. The molecule has 0 N–H and O–H groups in total. The maximum Gasteiger partial charge on any atom is 0.225 e. The number of fused-ring (bicyclic) bond motifs is 1. The molecule has 0 atom stereocenters. The van der Waals surface area contributed by atoms with Gasteiger partial charge >= 0.3 is 0 Å². The number of para-hydroxylation sites is 1. The first-order valence-electron chi connectivity index (χ1n) is 9.52. The van der Waals surface area contributed by atoms with Crippen LogP contribution >= 0.6 is 0 Å². The van der Waals surface area contributed by atoms with Crippen molar-refractivity contribution in [3.05, 3.63) is 96.2 Å². The highest BCUT2D eigenvalue weighted by molar-refractivity contribution is 5.79. The molecule has 5 nitrogen and oxygen atoms in total. The van der Waals surface area contributed by atoms with Crippen LogP contribution in [0.15, 0.2) is 79.1 Å². The maximum atomic E-state index is 14.2. The molecule has 6 heteroatoms. The average Bonchev–Trinajstić information content (AvgIpc) is 3.17. The summed E-state index contributed by atoms with van der Waals surface area (Å²) >= 11 is 0. The summed E-state index contributed by atoms with van der Waals surface area (Å²) in [5.74, 6) is -0.386. The standard InChI is InChI=1S/C23H21FN4O/c24-21-10-3-1-8-19(21)16-27(17-20-9-5-6-13-25-20)23(29)12-14-28-22-11-4-2-7-18(22)15-26-28/h1-11,13,15H,12,14,16-17H2. The van der Waals surface area contributed by atoms with Gasteiger partial charge in [-0.15, -0.1) is 0 Å². The van der Waals surface area contributed by atoms with Gasteiger partial charge in [0, 0.05) is 30.1 Å². The Hall–Kier alpha value is -3.54. The number of hydrogen-bond acceptors (Lipinski definition) is 3. The first kappa shape index (κ1) is 18.8. The molecule has 0 fully saturated rings. The Morgan fingerprint density at radius 2 is 1.76 bits per heavy atom. The molecule has 0 aliphatic rings. The predicted octanol–water partition coefficient (Wildman–Crippen LogP) is 4.19. The van der Waals surface area contributed by atoms with Gasteiger partial charge in [-0.25, -0.2) is 4.39 Å². The number of pyridine rings is 1. The van der Waals surface area contributed by atoms with Crippen LogP contribution in [-0.2, 0) is 24.4 Å². The third kappa shape index (κ3) is 4.48. The quantitative estimate of drug-likeness (QED) is 0.477. The number of carbonyl (C=O) groups is 1. The molecule has 0 aliphatic heterocycles. The maximum absolute atomic E-state index is 14.2. The van der Waals surface area contributed by atoms with Crippen molar-refractivity contribution in [1.29, 1.82) is 0 Å². The van der Waals surface area contributed by atoms with Crippen LogP contribution in [0.1, 0.15) is 17.7 Å². The van der Waals surface area contributed by atoms with E-state index in [9.17, 15) is 9.18 Å². The highest BCUT2D eigenvalue weighted by atomic mass is 19.1. The zero-order chi connectivity index (χ0) is 20.1. The number of hydrogen-bond donors (Lipinski definition) is 0. The number of benzene rings is 2. The highest BCUT2D eigenvalue weighted by Gasteiger charge is 2.17. The minimum Gasteiger partial charge on any atom is -0.332 e. The van der Waals surface area contributed by atoms with E-state index in [0.717, 1.165) is 16.6 Å². The van der Waals surface area contributed by atoms with Crippen LogP contribution in [0.5, 0.6) is 0 Å². The van der Waals surface area contributed by atoms with Gasteiger partial charge in [-0.2, -0.15) is 5.10 Å². The van der Waals surface area contributed by atoms with E-state index in [2.05, 4.69) is 10.1 Å². The summed E-state index contributed by atoms with van der Waals surface area (Å²) in [7, 11) is 0. The lowest BCUT2D eigenvalue weighted by Gasteiger charge is -2.23. The van der Waals surface area contributed by atoms with Crippen molar-refractivity contribution in [3.8, 4) is 0 Å². The third-order valence-corrected chi connectivity index (χ3v) is 4.84. The smallest absolute Gasteiger partial charge is 0.225 e. The van der Waals surface area contributed by atoms with Crippen LogP contribution < -0.4 is 0 Å². The largest absolute Gasteiger partial charge is 0.332 e. The SMILES string of the molecule is O=C(CCn1ncc2ccccc21)N(Cc1ccccn1)Cc1ccccc1F. The van der Waals surface area contributed by atoms with Gasteiger partial charge in [0.1, 0.15) is 5.82 Å². The topological polar surface area (TPSA) is 51.0 Å². The fourth-order valence-corrected chi connectivity index (χ4v) is 3.32. The van der Waals surface area contributed by atoms with E-state index >= 15 is 0 Å². The molecular weight excluding hydrogens is 367 g/mol. The van der Waals surface area contributed by atoms with Crippen LogP contribution in [0, 0.1) is 5.82 Å². The fraction of sp³-hybridized carbons (Fsp3) is 0.174. The van der Waals surface area contributed by atoms with Crippen LogP contribution in [0.3, 0.4) is 0 Å². The second kappa shape index (κ2) is 8.65. The number of carbonyl (C=O) groups excluding carboxylic acids is 1. The number of nitrogens with zero attached hydrogens (tertiary/aromatic N) is 4. The molecule has 2 aromatic heterocycles. The summed E-state index contributed by atoms with van der Waals surface area (Å²) in [6.45, 7) is 0.984. The van der Waals surface area contributed by atoms with E-state index in [4.69, 9.17) is 0 Å². The Bertz CT molecular complexity index is 1110. The molecule has 29 heavy (non-hydrogen) atoms. The van der Waals surface area contributed by atoms with Crippen molar-refractivity contribution in [3.63, 3.8) is 0 Å². The molecule has 0 unspecified atom stereocenters. The van der Waals surface area contributed by atoms with Crippen molar-refractivity contribution in [2.45, 2.75) is 26.1 Å². The van der Waals surface area contributed by atoms with Crippen molar-refractivity contribution in [2.75, 3.05) is 0 Å². The lowest BCUT2D eigenvalue weighted by molar-refractivity contribution is -0.132. The zero-order valence-corrected chi connectivity index (χ0v) is 15.9. The van der Waals surface area contributed by atoms with Crippen LogP contribution in [0.4, 0.5) is 4.39 Å². The van der Waals surface area contributed by atoms with E-state index in [-0.39, 0.29) is 24.7 Å². The molecule has 0 aliphatic carbocycles. The van der Waals surface area contributed by atoms with Gasteiger partial charge in [0.05, 0.1) is 30.5 Å². The predicted molar refractivity (Wildman–Crippen MR) is 109 cm³/mol. The number of aromatic nitrogens is 3. The van der Waals surface area contributed by atoms with E-state index < -0.39 is 0 Å². The van der Waals surface area contributed by atoms with Crippen LogP contribution in [-0.4, -0.2) is 25.6 Å². The lowest BCUT2D eigenvalue weighted by atomic mass is 10.2. The van der Waals surface area contributed by atoms with Crippen molar-refractivity contribution in [1.82, 2.24) is 19.7 Å². The molecule has 0 bridgehead atoms. The summed E-state index contributed by atoms with van der Waals surface area (Å²) in [5.41, 5.74) is 2.24. The second-order valence-corrected chi connectivity index (χ2v) is 6.84. The van der Waals surface area contributed by atoms with Crippen molar-refractivity contribution < 1.29 is 9.18 Å². The third-order valence-electron chi connectivity index (χ3n) is 4.84. The van der Waals surface area contributed by atoms with Gasteiger partial charge < -0.3 is 4.90 Å². The van der Waals surface area contributed by atoms with E-state index in [0.29, 0.717) is 18.7 Å². The normalized spacial score (nSPS) is 10.9. The highest BCUT2D eigenvalue weighted by Crippen LogP contribution is 2.16. The molecule has 4 aromatic rings. The molecule has 0 saturated heterocycles. The van der Waals surface area contributed by atoms with Gasteiger partial charge in [0.2, 0.25) is 5.91 Å². The molecule has 1 amide bonds. The Labute approximate surface area is 168 Å². The zero-order valence-electron chi connectivity index (χ0n) is 15.9. The number of halogens is 1. The van der Waals surface area contributed by atoms with E-state index in [1.807, 2.05) is 47.1 Å². The summed E-state index contributed by atoms with van der Waals surface area (Å²) in [6, 6.07) is 20.0. The Kier molecular flexibility index (Phi) is 5.61.